The molecule has 0 radical (unpaired) electrons. The molecule has 0 N–H and O–H groups in total. The first-order valence-electron chi connectivity index (χ1n) is 6.24. The van der Waals surface area contributed by atoms with Crippen molar-refractivity contribution in [1.29, 1.82) is 0 Å². The van der Waals surface area contributed by atoms with E-state index in [2.05, 4.69) is 15.9 Å². The molecule has 0 aliphatic carbocycles. The largest absolute Gasteiger partial charge is 0.497 e. The van der Waals surface area contributed by atoms with Crippen LogP contribution in [-0.2, 0) is 11.9 Å². The number of benzene rings is 2. The molecular weight excluding hydrogens is 340 g/mol. The minimum absolute atomic E-state index is 0.437. The van der Waals surface area contributed by atoms with Crippen molar-refractivity contribution < 1.29 is 9.47 Å². The summed E-state index contributed by atoms with van der Waals surface area (Å²) in [5.74, 6) is 1.58. The summed E-state index contributed by atoms with van der Waals surface area (Å²) < 4.78 is 11.1. The van der Waals surface area contributed by atoms with Gasteiger partial charge in [0, 0.05) is 27.5 Å². The van der Waals surface area contributed by atoms with Gasteiger partial charge in [-0.2, -0.15) is 0 Å². The van der Waals surface area contributed by atoms with Crippen LogP contribution in [0.5, 0.6) is 11.5 Å². The number of ether oxygens (including phenoxy) is 2. The van der Waals surface area contributed by atoms with Gasteiger partial charge in [0.15, 0.2) is 0 Å². The second-order valence-electron chi connectivity index (χ2n) is 4.49. The van der Waals surface area contributed by atoms with Crippen molar-refractivity contribution in [1.82, 2.24) is 0 Å². The summed E-state index contributed by atoms with van der Waals surface area (Å²) in [4.78, 5) is 0. The molecule has 0 aliphatic rings. The topological polar surface area (TPSA) is 18.5 Å². The maximum atomic E-state index is 6.21. The molecule has 2 aromatic rings. The minimum atomic E-state index is 0.437. The SMILES string of the molecule is COc1ccc(CBr)c(OCc2ccc(C)cc2Cl)c1. The molecule has 106 valence electrons. The van der Waals surface area contributed by atoms with Gasteiger partial charge in [0.2, 0.25) is 0 Å². The number of halogens is 2. The average Bonchev–Trinajstić information content (AvgIpc) is 2.46. The molecule has 2 nitrogen and oxygen atoms in total. The number of aryl methyl sites for hydroxylation is 1. The van der Waals surface area contributed by atoms with E-state index in [9.17, 15) is 0 Å². The Bertz CT molecular complexity index is 599. The van der Waals surface area contributed by atoms with E-state index in [0.717, 1.165) is 38.5 Å². The molecule has 20 heavy (non-hydrogen) atoms. The fraction of sp³-hybridized carbons (Fsp3) is 0.250. The van der Waals surface area contributed by atoms with E-state index in [1.165, 1.54) is 0 Å². The Kier molecular flexibility index (Phi) is 5.32. The normalized spacial score (nSPS) is 10.4. The Labute approximate surface area is 132 Å². The van der Waals surface area contributed by atoms with Gasteiger partial charge in [0.05, 0.1) is 7.11 Å². The molecule has 0 amide bonds. The highest BCUT2D eigenvalue weighted by molar-refractivity contribution is 9.08. The van der Waals surface area contributed by atoms with Crippen LogP contribution in [0, 0.1) is 6.92 Å². The van der Waals surface area contributed by atoms with Crippen molar-refractivity contribution in [2.24, 2.45) is 0 Å². The van der Waals surface area contributed by atoms with Gasteiger partial charge in [0.1, 0.15) is 18.1 Å². The Morgan fingerprint density at radius 3 is 2.50 bits per heavy atom. The van der Waals surface area contributed by atoms with Gasteiger partial charge >= 0.3 is 0 Å². The Hall–Kier alpha value is -1.19. The standard InChI is InChI=1S/C16H16BrClO2/c1-11-3-4-13(15(18)7-11)10-20-16-8-14(19-2)6-5-12(16)9-17/h3-8H,9-10H2,1-2H3. The Morgan fingerprint density at radius 1 is 1.10 bits per heavy atom. The van der Waals surface area contributed by atoms with Crippen molar-refractivity contribution in [2.45, 2.75) is 18.9 Å². The van der Waals surface area contributed by atoms with Crippen molar-refractivity contribution in [3.8, 4) is 11.5 Å². The minimum Gasteiger partial charge on any atom is -0.497 e. The number of hydrogen-bond donors (Lipinski definition) is 0. The number of alkyl halides is 1. The Balaban J connectivity index is 2.17. The molecule has 0 aliphatic heterocycles. The van der Waals surface area contributed by atoms with Crippen LogP contribution < -0.4 is 9.47 Å². The van der Waals surface area contributed by atoms with Gasteiger partial charge in [-0.15, -0.1) is 0 Å². The van der Waals surface area contributed by atoms with E-state index in [-0.39, 0.29) is 0 Å². The molecule has 0 saturated heterocycles. The molecular formula is C16H16BrClO2. The monoisotopic (exact) mass is 354 g/mol. The van der Waals surface area contributed by atoms with Crippen LogP contribution in [0.3, 0.4) is 0 Å². The van der Waals surface area contributed by atoms with Crippen molar-refractivity contribution in [2.75, 3.05) is 7.11 Å². The Morgan fingerprint density at radius 2 is 1.85 bits per heavy atom. The summed E-state index contributed by atoms with van der Waals surface area (Å²) in [5.41, 5.74) is 3.19. The molecule has 0 atom stereocenters. The zero-order valence-corrected chi connectivity index (χ0v) is 13.8. The number of hydrogen-bond acceptors (Lipinski definition) is 2. The third-order valence-corrected chi connectivity index (χ3v) is 3.97. The van der Waals surface area contributed by atoms with Gasteiger partial charge in [-0.05, 0) is 24.6 Å². The first-order valence-corrected chi connectivity index (χ1v) is 7.74. The van der Waals surface area contributed by atoms with Crippen LogP contribution in [-0.4, -0.2) is 7.11 Å². The lowest BCUT2D eigenvalue weighted by molar-refractivity contribution is 0.301. The first-order chi connectivity index (χ1) is 9.63. The summed E-state index contributed by atoms with van der Waals surface area (Å²) in [6.45, 7) is 2.45. The molecule has 0 fully saturated rings. The van der Waals surface area contributed by atoms with E-state index in [1.54, 1.807) is 7.11 Å². The van der Waals surface area contributed by atoms with Crippen LogP contribution in [0.1, 0.15) is 16.7 Å². The van der Waals surface area contributed by atoms with Crippen LogP contribution in [0.15, 0.2) is 36.4 Å². The lowest BCUT2D eigenvalue weighted by Gasteiger charge is -2.12. The van der Waals surface area contributed by atoms with Gasteiger partial charge < -0.3 is 9.47 Å². The van der Waals surface area contributed by atoms with E-state index >= 15 is 0 Å². The molecule has 4 heteroatoms. The zero-order valence-electron chi connectivity index (χ0n) is 11.5. The van der Waals surface area contributed by atoms with E-state index < -0.39 is 0 Å². The third-order valence-electron chi connectivity index (χ3n) is 3.01. The molecule has 0 unspecified atom stereocenters. The number of rotatable bonds is 5. The molecule has 2 aromatic carbocycles. The fourth-order valence-electron chi connectivity index (χ4n) is 1.83. The van der Waals surface area contributed by atoms with Gasteiger partial charge in [-0.25, -0.2) is 0 Å². The lowest BCUT2D eigenvalue weighted by atomic mass is 10.1. The quantitative estimate of drug-likeness (QED) is 0.692. The summed E-state index contributed by atoms with van der Waals surface area (Å²) in [6.07, 6.45) is 0. The molecule has 0 spiro atoms. The van der Waals surface area contributed by atoms with Crippen molar-refractivity contribution in [3.05, 3.63) is 58.1 Å². The number of methoxy groups -OCH3 is 1. The summed E-state index contributed by atoms with van der Waals surface area (Å²) >= 11 is 9.67. The molecule has 0 saturated carbocycles. The van der Waals surface area contributed by atoms with Gasteiger partial charge in [0.25, 0.3) is 0 Å². The highest BCUT2D eigenvalue weighted by Crippen LogP contribution is 2.28. The molecule has 0 heterocycles. The maximum Gasteiger partial charge on any atom is 0.127 e. The van der Waals surface area contributed by atoms with Gasteiger partial charge in [-0.3, -0.25) is 0 Å². The van der Waals surface area contributed by atoms with E-state index in [4.69, 9.17) is 21.1 Å². The first kappa shape index (κ1) is 15.2. The second kappa shape index (κ2) is 7.00. The lowest BCUT2D eigenvalue weighted by Crippen LogP contribution is -1.99. The smallest absolute Gasteiger partial charge is 0.127 e. The van der Waals surface area contributed by atoms with Crippen LogP contribution in [0.2, 0.25) is 5.02 Å². The summed E-state index contributed by atoms with van der Waals surface area (Å²) in [5, 5.41) is 1.46. The third kappa shape index (κ3) is 3.68. The zero-order chi connectivity index (χ0) is 14.5. The predicted octanol–water partition coefficient (Wildman–Crippen LogP) is 5.13. The maximum absolute atomic E-state index is 6.21. The highest BCUT2D eigenvalue weighted by Gasteiger charge is 2.07. The van der Waals surface area contributed by atoms with Crippen LogP contribution >= 0.6 is 27.5 Å². The average molecular weight is 356 g/mol. The van der Waals surface area contributed by atoms with E-state index in [1.807, 2.05) is 43.3 Å². The summed E-state index contributed by atoms with van der Waals surface area (Å²) in [6, 6.07) is 11.8. The summed E-state index contributed by atoms with van der Waals surface area (Å²) in [7, 11) is 1.64. The molecule has 2 rings (SSSR count). The predicted molar refractivity (Wildman–Crippen MR) is 86.1 cm³/mol. The van der Waals surface area contributed by atoms with Gasteiger partial charge in [-0.1, -0.05) is 45.7 Å². The fourth-order valence-corrected chi connectivity index (χ4v) is 2.58. The van der Waals surface area contributed by atoms with E-state index in [0.29, 0.717) is 6.61 Å². The second-order valence-corrected chi connectivity index (χ2v) is 5.46. The van der Waals surface area contributed by atoms with Crippen molar-refractivity contribution in [3.63, 3.8) is 0 Å². The molecule has 0 bridgehead atoms. The van der Waals surface area contributed by atoms with Crippen LogP contribution in [0.4, 0.5) is 0 Å². The molecule has 0 aromatic heterocycles. The highest BCUT2D eigenvalue weighted by atomic mass is 79.9. The van der Waals surface area contributed by atoms with Crippen LogP contribution in [0.25, 0.3) is 0 Å². The van der Waals surface area contributed by atoms with Crippen molar-refractivity contribution >= 4 is 27.5 Å².